The fourth-order valence-corrected chi connectivity index (χ4v) is 1.33. The Hall–Kier alpha value is -1.72. The van der Waals surface area contributed by atoms with Crippen molar-refractivity contribution in [1.82, 2.24) is 5.32 Å². The van der Waals surface area contributed by atoms with Crippen LogP contribution in [-0.4, -0.2) is 23.6 Å². The molecule has 0 saturated carbocycles. The van der Waals surface area contributed by atoms with E-state index in [0.717, 1.165) is 12.1 Å². The number of hydrogen-bond donors (Lipinski definition) is 2. The van der Waals surface area contributed by atoms with E-state index in [1.165, 1.54) is 6.07 Å². The van der Waals surface area contributed by atoms with E-state index in [0.29, 0.717) is 5.56 Å². The molecule has 1 aromatic rings. The molecule has 0 spiro atoms. The predicted octanol–water partition coefficient (Wildman–Crippen LogP) is 1.32. The number of aliphatic hydroxyl groups is 1. The van der Waals surface area contributed by atoms with Crippen LogP contribution in [0, 0.1) is 10.1 Å². The lowest BCUT2D eigenvalue weighted by atomic mass is 10.1. The first-order valence-corrected chi connectivity index (χ1v) is 4.88. The number of rotatable bonds is 5. The third-order valence-corrected chi connectivity index (χ3v) is 2.10. The van der Waals surface area contributed by atoms with Gasteiger partial charge in [0.2, 0.25) is 0 Å². The molecule has 1 aromatic carbocycles. The number of aliphatic hydroxyl groups excluding tert-OH is 1. The van der Waals surface area contributed by atoms with Gasteiger partial charge in [0.1, 0.15) is 0 Å². The zero-order chi connectivity index (χ0) is 12.0. The summed E-state index contributed by atoms with van der Waals surface area (Å²) < 4.78 is 0. The van der Waals surface area contributed by atoms with Crippen LogP contribution in [0.3, 0.4) is 0 Å². The second kappa shape index (κ2) is 5.99. The number of likely N-dealkylation sites (N-methyl/N-ethyl adjacent to an activating group) is 1. The second-order valence-corrected chi connectivity index (χ2v) is 3.26. The lowest BCUT2D eigenvalue weighted by Crippen LogP contribution is -2.03. The van der Waals surface area contributed by atoms with Crippen molar-refractivity contribution in [1.29, 1.82) is 0 Å². The molecule has 0 fully saturated rings. The molecule has 5 heteroatoms. The highest BCUT2D eigenvalue weighted by molar-refractivity contribution is 5.55. The third kappa shape index (κ3) is 3.15. The average molecular weight is 222 g/mol. The summed E-state index contributed by atoms with van der Waals surface area (Å²) >= 11 is 0. The third-order valence-electron chi connectivity index (χ3n) is 2.10. The Balaban J connectivity index is 2.95. The molecule has 0 aliphatic heterocycles. The van der Waals surface area contributed by atoms with Gasteiger partial charge in [0.15, 0.2) is 0 Å². The molecule has 0 bridgehead atoms. The molecule has 86 valence electrons. The van der Waals surface area contributed by atoms with Crippen molar-refractivity contribution in [3.63, 3.8) is 0 Å². The number of nitrogens with one attached hydrogen (secondary N) is 1. The molecule has 16 heavy (non-hydrogen) atoms. The van der Waals surface area contributed by atoms with Crippen molar-refractivity contribution in [2.45, 2.75) is 6.61 Å². The predicted molar refractivity (Wildman–Crippen MR) is 62.0 cm³/mol. The van der Waals surface area contributed by atoms with Crippen LogP contribution in [0.2, 0.25) is 0 Å². The Morgan fingerprint density at radius 2 is 2.31 bits per heavy atom. The molecule has 2 N–H and O–H groups in total. The van der Waals surface area contributed by atoms with Crippen LogP contribution >= 0.6 is 0 Å². The Kier molecular flexibility index (Phi) is 4.63. The summed E-state index contributed by atoms with van der Waals surface area (Å²) in [5.74, 6) is 0. The summed E-state index contributed by atoms with van der Waals surface area (Å²) in [6.45, 7) is 0.398. The normalized spacial score (nSPS) is 10.9. The van der Waals surface area contributed by atoms with Crippen molar-refractivity contribution in [2.75, 3.05) is 13.6 Å². The lowest BCUT2D eigenvalue weighted by molar-refractivity contribution is -0.385. The Labute approximate surface area is 93.6 Å². The Morgan fingerprint density at radius 1 is 1.56 bits per heavy atom. The molecule has 0 saturated heterocycles. The van der Waals surface area contributed by atoms with Crippen LogP contribution < -0.4 is 5.32 Å². The summed E-state index contributed by atoms with van der Waals surface area (Å²) in [4.78, 5) is 10.1. The quantitative estimate of drug-likeness (QED) is 0.582. The average Bonchev–Trinajstić information content (AvgIpc) is 2.29. The lowest BCUT2D eigenvalue weighted by Gasteiger charge is -2.00. The molecule has 0 aliphatic rings. The van der Waals surface area contributed by atoms with E-state index in [9.17, 15) is 10.1 Å². The smallest absolute Gasteiger partial charge is 0.274 e. The van der Waals surface area contributed by atoms with Crippen LogP contribution in [0.4, 0.5) is 5.69 Å². The summed E-state index contributed by atoms with van der Waals surface area (Å²) in [5, 5.41) is 22.6. The first-order chi connectivity index (χ1) is 7.69. The first kappa shape index (κ1) is 12.4. The molecular weight excluding hydrogens is 208 g/mol. The zero-order valence-corrected chi connectivity index (χ0v) is 9.01. The highest BCUT2D eigenvalue weighted by Gasteiger charge is 2.12. The van der Waals surface area contributed by atoms with Crippen LogP contribution in [0.15, 0.2) is 24.3 Å². The van der Waals surface area contributed by atoms with Gasteiger partial charge in [-0.15, -0.1) is 0 Å². The zero-order valence-electron chi connectivity index (χ0n) is 9.01. The molecule has 0 heterocycles. The van der Waals surface area contributed by atoms with E-state index >= 15 is 0 Å². The number of hydrogen-bond acceptors (Lipinski definition) is 4. The van der Waals surface area contributed by atoms with E-state index in [-0.39, 0.29) is 12.3 Å². The molecule has 0 amide bonds. The summed E-state index contributed by atoms with van der Waals surface area (Å²) in [6.07, 6.45) is 3.75. The van der Waals surface area contributed by atoms with Crippen molar-refractivity contribution in [3.8, 4) is 0 Å². The minimum atomic E-state index is -0.493. The largest absolute Gasteiger partial charge is 0.391 e. The molecule has 0 atom stereocenters. The second-order valence-electron chi connectivity index (χ2n) is 3.26. The molecule has 0 aromatic heterocycles. The minimum Gasteiger partial charge on any atom is -0.391 e. The number of nitrogens with zero attached hydrogens (tertiary/aromatic N) is 1. The molecule has 0 radical (unpaired) electrons. The highest BCUT2D eigenvalue weighted by atomic mass is 16.6. The van der Waals surface area contributed by atoms with E-state index in [1.807, 2.05) is 19.2 Å². The van der Waals surface area contributed by atoms with Gasteiger partial charge in [0, 0.05) is 12.6 Å². The topological polar surface area (TPSA) is 75.4 Å². The Bertz CT molecular complexity index is 402. The fraction of sp³-hybridized carbons (Fsp3) is 0.273. The van der Waals surface area contributed by atoms with Crippen LogP contribution in [0.1, 0.15) is 11.1 Å². The van der Waals surface area contributed by atoms with Crippen LogP contribution in [-0.2, 0) is 6.61 Å². The Morgan fingerprint density at radius 3 is 2.88 bits per heavy atom. The summed E-state index contributed by atoms with van der Waals surface area (Å²) in [5.41, 5.74) is 1.12. The summed E-state index contributed by atoms with van der Waals surface area (Å²) in [7, 11) is 1.83. The van der Waals surface area contributed by atoms with Gasteiger partial charge in [-0.05, 0) is 24.7 Å². The van der Waals surface area contributed by atoms with Gasteiger partial charge >= 0.3 is 0 Å². The van der Waals surface area contributed by atoms with Crippen molar-refractivity contribution >= 4 is 11.8 Å². The molecule has 1 rings (SSSR count). The monoisotopic (exact) mass is 222 g/mol. The number of nitro groups is 1. The molecule has 5 nitrogen and oxygen atoms in total. The number of nitro benzene ring substituents is 1. The fourth-order valence-electron chi connectivity index (χ4n) is 1.33. The van der Waals surface area contributed by atoms with Crippen LogP contribution in [0.25, 0.3) is 6.08 Å². The van der Waals surface area contributed by atoms with Gasteiger partial charge in [-0.2, -0.15) is 0 Å². The number of benzene rings is 1. The van der Waals surface area contributed by atoms with Gasteiger partial charge in [-0.25, -0.2) is 0 Å². The van der Waals surface area contributed by atoms with Crippen molar-refractivity contribution < 1.29 is 10.0 Å². The van der Waals surface area contributed by atoms with E-state index < -0.39 is 4.92 Å². The molecule has 0 unspecified atom stereocenters. The molecule has 0 aliphatic carbocycles. The van der Waals surface area contributed by atoms with Gasteiger partial charge in [-0.1, -0.05) is 12.2 Å². The highest BCUT2D eigenvalue weighted by Crippen LogP contribution is 2.20. The van der Waals surface area contributed by atoms with Crippen molar-refractivity contribution in [2.24, 2.45) is 0 Å². The van der Waals surface area contributed by atoms with Gasteiger partial charge < -0.3 is 10.4 Å². The van der Waals surface area contributed by atoms with Gasteiger partial charge in [0.25, 0.3) is 5.69 Å². The molecular formula is C11H14N2O3. The van der Waals surface area contributed by atoms with Crippen LogP contribution in [0.5, 0.6) is 0 Å². The minimum absolute atomic E-state index is 0.0479. The summed E-state index contributed by atoms with van der Waals surface area (Å²) in [6, 6.07) is 4.68. The maximum atomic E-state index is 10.6. The standard InChI is InChI=1S/C11H14N2O3/c1-12-6-2-3-9-4-5-11(13(15)16)10(7-9)8-14/h2-5,7,12,14H,6,8H2,1H3. The maximum Gasteiger partial charge on any atom is 0.274 e. The van der Waals surface area contributed by atoms with Gasteiger partial charge in [-0.3, -0.25) is 10.1 Å². The maximum absolute atomic E-state index is 10.6. The first-order valence-electron chi connectivity index (χ1n) is 4.88. The van der Waals surface area contributed by atoms with E-state index in [4.69, 9.17) is 5.11 Å². The van der Waals surface area contributed by atoms with E-state index in [2.05, 4.69) is 5.32 Å². The van der Waals surface area contributed by atoms with E-state index in [1.54, 1.807) is 12.1 Å². The van der Waals surface area contributed by atoms with Gasteiger partial charge in [0.05, 0.1) is 17.1 Å². The SMILES string of the molecule is CNCC=Cc1ccc([N+](=O)[O-])c(CO)c1. The van der Waals surface area contributed by atoms with Crippen molar-refractivity contribution in [3.05, 3.63) is 45.5 Å².